The predicted molar refractivity (Wildman–Crippen MR) is 84.9 cm³/mol. The molecule has 0 saturated heterocycles. The van der Waals surface area contributed by atoms with Crippen molar-refractivity contribution in [3.63, 3.8) is 0 Å². The molecule has 1 aromatic rings. The summed E-state index contributed by atoms with van der Waals surface area (Å²) in [6, 6.07) is 5.60. The van der Waals surface area contributed by atoms with E-state index in [1.165, 1.54) is 0 Å². The maximum Gasteiger partial charge on any atom is 0.161 e. The molecule has 2 atom stereocenters. The van der Waals surface area contributed by atoms with Crippen molar-refractivity contribution in [1.82, 2.24) is 5.32 Å². The van der Waals surface area contributed by atoms with E-state index in [9.17, 15) is 8.42 Å². The molecule has 6 heteroatoms. The van der Waals surface area contributed by atoms with Gasteiger partial charge in [0.15, 0.2) is 21.3 Å². The van der Waals surface area contributed by atoms with E-state index >= 15 is 0 Å². The molecule has 0 fully saturated rings. The summed E-state index contributed by atoms with van der Waals surface area (Å²) < 4.78 is 33.8. The molecule has 5 nitrogen and oxygen atoms in total. The van der Waals surface area contributed by atoms with Crippen LogP contribution in [0.3, 0.4) is 0 Å². The van der Waals surface area contributed by atoms with Crippen molar-refractivity contribution in [3.8, 4) is 11.5 Å². The molecule has 120 valence electrons. The first-order chi connectivity index (χ1) is 9.82. The van der Waals surface area contributed by atoms with Crippen molar-refractivity contribution in [3.05, 3.63) is 23.8 Å². The highest BCUT2D eigenvalue weighted by Crippen LogP contribution is 2.29. The van der Waals surface area contributed by atoms with Crippen LogP contribution in [0.25, 0.3) is 0 Å². The molecule has 0 radical (unpaired) electrons. The van der Waals surface area contributed by atoms with Crippen molar-refractivity contribution in [2.45, 2.75) is 32.9 Å². The number of hydrogen-bond acceptors (Lipinski definition) is 5. The third kappa shape index (κ3) is 5.21. The second-order valence-electron chi connectivity index (χ2n) is 5.10. The normalized spacial score (nSPS) is 14.5. The second-order valence-corrected chi connectivity index (χ2v) is 7.50. The molecule has 1 N–H and O–H groups in total. The maximum atomic E-state index is 11.6. The van der Waals surface area contributed by atoms with Crippen molar-refractivity contribution < 1.29 is 17.9 Å². The van der Waals surface area contributed by atoms with E-state index < -0.39 is 9.84 Å². The van der Waals surface area contributed by atoms with Crippen LogP contribution in [-0.4, -0.2) is 40.2 Å². The van der Waals surface area contributed by atoms with Crippen molar-refractivity contribution >= 4 is 9.84 Å². The molecule has 0 aliphatic rings. The summed E-state index contributed by atoms with van der Waals surface area (Å²) in [6.07, 6.45) is 0. The Morgan fingerprint density at radius 1 is 1.14 bits per heavy atom. The van der Waals surface area contributed by atoms with Gasteiger partial charge in [-0.1, -0.05) is 13.0 Å². The number of rotatable bonds is 8. The largest absolute Gasteiger partial charge is 0.493 e. The molecule has 0 aliphatic carbocycles. The van der Waals surface area contributed by atoms with E-state index in [-0.39, 0.29) is 23.6 Å². The van der Waals surface area contributed by atoms with Crippen LogP contribution in [0.1, 0.15) is 32.4 Å². The van der Waals surface area contributed by atoms with Crippen LogP contribution in [0.5, 0.6) is 11.5 Å². The molecule has 0 saturated carbocycles. The number of benzene rings is 1. The quantitative estimate of drug-likeness (QED) is 0.796. The van der Waals surface area contributed by atoms with Gasteiger partial charge in [-0.2, -0.15) is 0 Å². The fraction of sp³-hybridized carbons (Fsp3) is 0.600. The molecular formula is C15H25NO4S. The Morgan fingerprint density at radius 3 is 2.29 bits per heavy atom. The molecule has 0 aliphatic heterocycles. The summed E-state index contributed by atoms with van der Waals surface area (Å²) in [7, 11) is 0.210. The molecule has 0 spiro atoms. The molecule has 0 amide bonds. The van der Waals surface area contributed by atoms with Crippen LogP contribution in [0, 0.1) is 0 Å². The zero-order valence-corrected chi connectivity index (χ0v) is 14.2. The third-order valence-electron chi connectivity index (χ3n) is 3.39. The SMILES string of the molecule is CCS(=O)(=O)CC(C)NC(C)c1ccc(OC)c(OC)c1. The number of nitrogens with one attached hydrogen (secondary N) is 1. The van der Waals surface area contributed by atoms with Gasteiger partial charge in [-0.3, -0.25) is 0 Å². The number of ether oxygens (including phenoxy) is 2. The van der Waals surface area contributed by atoms with E-state index in [1.807, 2.05) is 32.0 Å². The van der Waals surface area contributed by atoms with Gasteiger partial charge in [0.05, 0.1) is 20.0 Å². The number of hydrogen-bond donors (Lipinski definition) is 1. The highest BCUT2D eigenvalue weighted by molar-refractivity contribution is 7.91. The van der Waals surface area contributed by atoms with Crippen LogP contribution in [0.2, 0.25) is 0 Å². The average molecular weight is 315 g/mol. The molecule has 1 aromatic carbocycles. The average Bonchev–Trinajstić information content (AvgIpc) is 2.45. The lowest BCUT2D eigenvalue weighted by Crippen LogP contribution is -2.35. The Labute approximate surface area is 127 Å². The van der Waals surface area contributed by atoms with Crippen molar-refractivity contribution in [2.75, 3.05) is 25.7 Å². The molecular weight excluding hydrogens is 290 g/mol. The first kappa shape index (κ1) is 17.8. The van der Waals surface area contributed by atoms with E-state index in [4.69, 9.17) is 9.47 Å². The van der Waals surface area contributed by atoms with Gasteiger partial charge in [0, 0.05) is 17.8 Å². The van der Waals surface area contributed by atoms with E-state index in [0.29, 0.717) is 11.5 Å². The summed E-state index contributed by atoms with van der Waals surface area (Å²) in [4.78, 5) is 0. The van der Waals surface area contributed by atoms with Gasteiger partial charge in [0.1, 0.15) is 0 Å². The lowest BCUT2D eigenvalue weighted by Gasteiger charge is -2.21. The zero-order valence-electron chi connectivity index (χ0n) is 13.3. The van der Waals surface area contributed by atoms with Gasteiger partial charge >= 0.3 is 0 Å². The smallest absolute Gasteiger partial charge is 0.161 e. The van der Waals surface area contributed by atoms with Gasteiger partial charge < -0.3 is 14.8 Å². The third-order valence-corrected chi connectivity index (χ3v) is 5.27. The highest BCUT2D eigenvalue weighted by atomic mass is 32.2. The second kappa shape index (κ2) is 7.66. The minimum Gasteiger partial charge on any atom is -0.493 e. The monoisotopic (exact) mass is 315 g/mol. The van der Waals surface area contributed by atoms with Crippen molar-refractivity contribution in [2.24, 2.45) is 0 Å². The Balaban J connectivity index is 2.77. The topological polar surface area (TPSA) is 64.6 Å². The van der Waals surface area contributed by atoms with Gasteiger partial charge in [-0.05, 0) is 31.5 Å². The number of methoxy groups -OCH3 is 2. The maximum absolute atomic E-state index is 11.6. The summed E-state index contributed by atoms with van der Waals surface area (Å²) in [5.74, 6) is 1.65. The zero-order chi connectivity index (χ0) is 16.0. The lowest BCUT2D eigenvalue weighted by molar-refractivity contribution is 0.353. The van der Waals surface area contributed by atoms with Crippen LogP contribution in [-0.2, 0) is 9.84 Å². The van der Waals surface area contributed by atoms with Crippen LogP contribution in [0.4, 0.5) is 0 Å². The minimum atomic E-state index is -2.98. The van der Waals surface area contributed by atoms with Gasteiger partial charge in [-0.25, -0.2) is 8.42 Å². The molecule has 1 rings (SSSR count). The summed E-state index contributed by atoms with van der Waals surface area (Å²) >= 11 is 0. The van der Waals surface area contributed by atoms with Crippen LogP contribution >= 0.6 is 0 Å². The standard InChI is InChI=1S/C15H25NO4S/c1-6-21(17,18)10-11(2)16-12(3)13-7-8-14(19-4)15(9-13)20-5/h7-9,11-12,16H,6,10H2,1-5H3. The first-order valence-electron chi connectivity index (χ1n) is 7.01. The molecule has 21 heavy (non-hydrogen) atoms. The van der Waals surface area contributed by atoms with Crippen LogP contribution < -0.4 is 14.8 Å². The van der Waals surface area contributed by atoms with Crippen LogP contribution in [0.15, 0.2) is 18.2 Å². The minimum absolute atomic E-state index is 0.0202. The molecule has 2 unspecified atom stereocenters. The van der Waals surface area contributed by atoms with E-state index in [0.717, 1.165) is 5.56 Å². The number of sulfone groups is 1. The molecule has 0 aromatic heterocycles. The van der Waals surface area contributed by atoms with E-state index in [2.05, 4.69) is 5.32 Å². The van der Waals surface area contributed by atoms with Gasteiger partial charge in [0.25, 0.3) is 0 Å². The molecule has 0 bridgehead atoms. The van der Waals surface area contributed by atoms with Gasteiger partial charge in [-0.15, -0.1) is 0 Å². The fourth-order valence-corrected chi connectivity index (χ4v) is 3.29. The van der Waals surface area contributed by atoms with Gasteiger partial charge in [0.2, 0.25) is 0 Å². The first-order valence-corrected chi connectivity index (χ1v) is 8.83. The summed E-state index contributed by atoms with van der Waals surface area (Å²) in [5.41, 5.74) is 1.02. The summed E-state index contributed by atoms with van der Waals surface area (Å²) in [6.45, 7) is 5.54. The Morgan fingerprint density at radius 2 is 1.76 bits per heavy atom. The Bertz CT molecular complexity index is 557. The van der Waals surface area contributed by atoms with E-state index in [1.54, 1.807) is 21.1 Å². The Hall–Kier alpha value is -1.27. The fourth-order valence-electron chi connectivity index (χ4n) is 2.19. The Kier molecular flexibility index (Phi) is 6.48. The summed E-state index contributed by atoms with van der Waals surface area (Å²) in [5, 5.41) is 3.30. The molecule has 0 heterocycles. The lowest BCUT2D eigenvalue weighted by atomic mass is 10.1. The van der Waals surface area contributed by atoms with Crippen molar-refractivity contribution in [1.29, 1.82) is 0 Å². The predicted octanol–water partition coefficient (Wildman–Crippen LogP) is 2.18. The highest BCUT2D eigenvalue weighted by Gasteiger charge is 2.17.